The minimum absolute atomic E-state index is 0.225. The Labute approximate surface area is 134 Å². The van der Waals surface area contributed by atoms with Crippen molar-refractivity contribution in [2.75, 3.05) is 46.6 Å². The summed E-state index contributed by atoms with van der Waals surface area (Å²) in [5.41, 5.74) is 0. The molecule has 0 unspecified atom stereocenters. The highest BCUT2D eigenvalue weighted by Gasteiger charge is 2.11. The number of benzene rings is 1. The Bertz CT molecular complexity index is 411. The number of esters is 1. The Kier molecular flexibility index (Phi) is 9.05. The molecule has 0 atom stereocenters. The summed E-state index contributed by atoms with van der Waals surface area (Å²) in [5.74, 6) is 0.582. The highest BCUT2D eigenvalue weighted by Crippen LogP contribution is 2.15. The lowest BCUT2D eigenvalue weighted by molar-refractivity contribution is -0.144. The summed E-state index contributed by atoms with van der Waals surface area (Å²) < 4.78 is 16.7. The zero-order valence-corrected chi connectivity index (χ0v) is 14.1. The van der Waals surface area contributed by atoms with Gasteiger partial charge in [-0.2, -0.15) is 0 Å². The summed E-state index contributed by atoms with van der Waals surface area (Å²) in [6.07, 6.45) is 0. The molecule has 1 rings (SSSR count). The Morgan fingerprint density at radius 2 is 1.86 bits per heavy atom. The molecule has 0 fully saturated rings. The van der Waals surface area contributed by atoms with E-state index < -0.39 is 0 Å². The Morgan fingerprint density at radius 3 is 2.48 bits per heavy atom. The Balaban J connectivity index is 2.37. The van der Waals surface area contributed by atoms with Gasteiger partial charge in [0.2, 0.25) is 0 Å². The lowest BCUT2D eigenvalue weighted by atomic mass is 10.3. The zero-order valence-electron chi connectivity index (χ0n) is 12.5. The molecule has 5 nitrogen and oxygen atoms in total. The first-order chi connectivity index (χ1) is 10.2. The average Bonchev–Trinajstić information content (AvgIpc) is 2.47. The maximum atomic E-state index is 11.5. The van der Waals surface area contributed by atoms with Crippen LogP contribution in [0.2, 0.25) is 0 Å². The maximum absolute atomic E-state index is 11.5. The fourth-order valence-electron chi connectivity index (χ4n) is 1.70. The monoisotopic (exact) mass is 359 g/mol. The van der Waals surface area contributed by atoms with E-state index in [-0.39, 0.29) is 12.5 Å². The molecule has 0 aliphatic carbocycles. The van der Waals surface area contributed by atoms with Crippen molar-refractivity contribution in [2.45, 2.75) is 6.92 Å². The van der Waals surface area contributed by atoms with Gasteiger partial charge in [0.05, 0.1) is 19.8 Å². The molecule has 0 aliphatic heterocycles. The number of methoxy groups -OCH3 is 1. The van der Waals surface area contributed by atoms with Crippen LogP contribution in [0.15, 0.2) is 28.7 Å². The molecular formula is C15H22BrNO4. The second-order valence-electron chi connectivity index (χ2n) is 4.38. The van der Waals surface area contributed by atoms with Crippen molar-refractivity contribution in [3.05, 3.63) is 28.7 Å². The van der Waals surface area contributed by atoms with Crippen LogP contribution in [-0.2, 0) is 14.3 Å². The fraction of sp³-hybridized carbons (Fsp3) is 0.533. The molecule has 1 aromatic carbocycles. The molecule has 0 N–H and O–H groups in total. The minimum Gasteiger partial charge on any atom is -0.492 e. The van der Waals surface area contributed by atoms with Crippen molar-refractivity contribution in [3.8, 4) is 5.75 Å². The number of nitrogens with zero attached hydrogens (tertiary/aromatic N) is 1. The summed E-state index contributed by atoms with van der Waals surface area (Å²) in [6.45, 7) is 4.82. The first kappa shape index (κ1) is 17.9. The van der Waals surface area contributed by atoms with Gasteiger partial charge in [0.1, 0.15) is 12.4 Å². The number of rotatable bonds is 10. The molecule has 0 heterocycles. The van der Waals surface area contributed by atoms with Crippen molar-refractivity contribution in [3.63, 3.8) is 0 Å². The average molecular weight is 360 g/mol. The second-order valence-corrected chi connectivity index (χ2v) is 5.29. The van der Waals surface area contributed by atoms with Gasteiger partial charge < -0.3 is 14.2 Å². The fourth-order valence-corrected chi connectivity index (χ4v) is 1.97. The first-order valence-corrected chi connectivity index (χ1v) is 7.70. The van der Waals surface area contributed by atoms with Crippen LogP contribution in [0.3, 0.4) is 0 Å². The van der Waals surface area contributed by atoms with Gasteiger partial charge in [0, 0.05) is 24.7 Å². The van der Waals surface area contributed by atoms with Crippen LogP contribution < -0.4 is 4.74 Å². The summed E-state index contributed by atoms with van der Waals surface area (Å²) in [7, 11) is 1.64. The van der Waals surface area contributed by atoms with Gasteiger partial charge in [-0.1, -0.05) is 15.9 Å². The van der Waals surface area contributed by atoms with E-state index >= 15 is 0 Å². The van der Waals surface area contributed by atoms with E-state index in [4.69, 9.17) is 14.2 Å². The molecule has 0 radical (unpaired) electrons. The Morgan fingerprint density at radius 1 is 1.19 bits per heavy atom. The van der Waals surface area contributed by atoms with Crippen molar-refractivity contribution < 1.29 is 19.0 Å². The maximum Gasteiger partial charge on any atom is 0.320 e. The van der Waals surface area contributed by atoms with Crippen molar-refractivity contribution >= 4 is 21.9 Å². The molecule has 6 heteroatoms. The highest BCUT2D eigenvalue weighted by atomic mass is 79.9. The summed E-state index contributed by atoms with van der Waals surface area (Å²) >= 11 is 3.38. The second kappa shape index (κ2) is 10.6. The van der Waals surface area contributed by atoms with Crippen LogP contribution in [-0.4, -0.2) is 57.4 Å². The number of hydrogen-bond donors (Lipinski definition) is 0. The lowest BCUT2D eigenvalue weighted by Gasteiger charge is -2.20. The largest absolute Gasteiger partial charge is 0.492 e. The smallest absolute Gasteiger partial charge is 0.320 e. The topological polar surface area (TPSA) is 48.0 Å². The van der Waals surface area contributed by atoms with Gasteiger partial charge in [-0.25, -0.2) is 0 Å². The normalized spacial score (nSPS) is 10.7. The Hall–Kier alpha value is -1.11. The molecule has 0 aromatic heterocycles. The van der Waals surface area contributed by atoms with Crippen LogP contribution in [0.4, 0.5) is 0 Å². The van der Waals surface area contributed by atoms with Gasteiger partial charge in [-0.05, 0) is 31.2 Å². The number of carbonyl (C=O) groups excluding carboxylic acids is 1. The third kappa shape index (κ3) is 8.04. The number of carbonyl (C=O) groups is 1. The van der Waals surface area contributed by atoms with E-state index in [0.717, 1.165) is 10.2 Å². The van der Waals surface area contributed by atoms with Crippen molar-refractivity contribution in [2.24, 2.45) is 0 Å². The summed E-state index contributed by atoms with van der Waals surface area (Å²) in [6, 6.07) is 7.65. The molecule has 1 aromatic rings. The zero-order chi connectivity index (χ0) is 15.5. The quantitative estimate of drug-likeness (QED) is 0.600. The molecule has 0 saturated carbocycles. The van der Waals surface area contributed by atoms with E-state index in [0.29, 0.717) is 32.9 Å². The molecule has 21 heavy (non-hydrogen) atoms. The summed E-state index contributed by atoms with van der Waals surface area (Å²) in [4.78, 5) is 13.5. The van der Waals surface area contributed by atoms with Crippen LogP contribution in [0.5, 0.6) is 5.75 Å². The first-order valence-electron chi connectivity index (χ1n) is 6.91. The predicted molar refractivity (Wildman–Crippen MR) is 84.6 cm³/mol. The SMILES string of the molecule is CCOC(=O)CN(CCOC)CCOc1ccc(Br)cc1. The van der Waals surface area contributed by atoms with Crippen molar-refractivity contribution in [1.82, 2.24) is 4.90 Å². The van der Waals surface area contributed by atoms with E-state index in [9.17, 15) is 4.79 Å². The van der Waals surface area contributed by atoms with Crippen LogP contribution in [0.25, 0.3) is 0 Å². The van der Waals surface area contributed by atoms with E-state index in [2.05, 4.69) is 15.9 Å². The highest BCUT2D eigenvalue weighted by molar-refractivity contribution is 9.10. The van der Waals surface area contributed by atoms with Crippen molar-refractivity contribution in [1.29, 1.82) is 0 Å². The minimum atomic E-state index is -0.225. The number of ether oxygens (including phenoxy) is 3. The molecule has 0 bridgehead atoms. The van der Waals surface area contributed by atoms with Gasteiger partial charge in [0.25, 0.3) is 0 Å². The van der Waals surface area contributed by atoms with Gasteiger partial charge in [-0.3, -0.25) is 9.69 Å². The van der Waals surface area contributed by atoms with E-state index in [1.807, 2.05) is 29.2 Å². The van der Waals surface area contributed by atoms with E-state index in [1.54, 1.807) is 14.0 Å². The van der Waals surface area contributed by atoms with Crippen LogP contribution >= 0.6 is 15.9 Å². The molecule has 118 valence electrons. The number of hydrogen-bond acceptors (Lipinski definition) is 5. The van der Waals surface area contributed by atoms with Gasteiger partial charge in [-0.15, -0.1) is 0 Å². The van der Waals surface area contributed by atoms with Gasteiger partial charge in [0.15, 0.2) is 0 Å². The predicted octanol–water partition coefficient (Wildman–Crippen LogP) is 2.34. The molecule has 0 saturated heterocycles. The molecule has 0 spiro atoms. The van der Waals surface area contributed by atoms with E-state index in [1.165, 1.54) is 0 Å². The van der Waals surface area contributed by atoms with Gasteiger partial charge >= 0.3 is 5.97 Å². The standard InChI is InChI=1S/C15H22BrNO4/c1-3-20-15(18)12-17(8-10-19-2)9-11-21-14-6-4-13(16)5-7-14/h4-7H,3,8-12H2,1-2H3. The third-order valence-electron chi connectivity index (χ3n) is 2.76. The molecular weight excluding hydrogens is 338 g/mol. The van der Waals surface area contributed by atoms with Crippen LogP contribution in [0, 0.1) is 0 Å². The van der Waals surface area contributed by atoms with Crippen LogP contribution in [0.1, 0.15) is 6.92 Å². The molecule has 0 aliphatic rings. The lowest BCUT2D eigenvalue weighted by Crippen LogP contribution is -2.36. The molecule has 0 amide bonds. The summed E-state index contributed by atoms with van der Waals surface area (Å²) in [5, 5.41) is 0. The number of halogens is 1. The third-order valence-corrected chi connectivity index (χ3v) is 3.29.